The molecule has 2 unspecified atom stereocenters. The molecule has 3 nitrogen and oxygen atoms in total. The largest absolute Gasteiger partial charge is 0.392 e. The number of rotatable bonds is 2. The minimum absolute atomic E-state index is 0.254. The van der Waals surface area contributed by atoms with Crippen LogP contribution in [-0.2, 0) is 11.0 Å². The maximum Gasteiger partial charge on any atom is 0.0940 e. The van der Waals surface area contributed by atoms with E-state index in [4.69, 9.17) is 5.11 Å². The van der Waals surface area contributed by atoms with Gasteiger partial charge in [0.2, 0.25) is 0 Å². The summed E-state index contributed by atoms with van der Waals surface area (Å²) in [7, 11) is -0.850. The summed E-state index contributed by atoms with van der Waals surface area (Å²) in [5.74, 6) is 0.659. The number of aliphatic hydroxyl groups is 1. The summed E-state index contributed by atoms with van der Waals surface area (Å²) in [6, 6.07) is 0. The number of hydrogen-bond donors (Lipinski definition) is 1. The van der Waals surface area contributed by atoms with Crippen molar-refractivity contribution in [1.82, 2.24) is 4.31 Å². The molecule has 0 aliphatic carbocycles. The first-order chi connectivity index (χ1) is 4.74. The maximum atomic E-state index is 11.1. The Morgan fingerprint density at radius 3 is 2.90 bits per heavy atom. The lowest BCUT2D eigenvalue weighted by atomic mass is 10.3. The van der Waals surface area contributed by atoms with Crippen molar-refractivity contribution >= 4 is 11.0 Å². The first kappa shape index (κ1) is 8.17. The molecule has 0 aromatic carbocycles. The maximum absolute atomic E-state index is 11.1. The predicted molar refractivity (Wildman–Crippen MR) is 40.9 cm³/mol. The second kappa shape index (κ2) is 3.46. The van der Waals surface area contributed by atoms with Crippen molar-refractivity contribution in [3.8, 4) is 0 Å². The van der Waals surface area contributed by atoms with Gasteiger partial charge >= 0.3 is 0 Å². The van der Waals surface area contributed by atoms with Gasteiger partial charge in [0, 0.05) is 18.8 Å². The van der Waals surface area contributed by atoms with E-state index in [1.165, 1.54) is 0 Å². The van der Waals surface area contributed by atoms with Crippen LogP contribution in [0, 0.1) is 0 Å². The predicted octanol–water partition coefficient (Wildman–Crippen LogP) is -0.263. The molecule has 0 amide bonds. The van der Waals surface area contributed by atoms with Crippen molar-refractivity contribution in [3.05, 3.63) is 0 Å². The van der Waals surface area contributed by atoms with Crippen molar-refractivity contribution in [2.75, 3.05) is 18.8 Å². The molecule has 0 bridgehead atoms. The Balaban J connectivity index is 2.37. The van der Waals surface area contributed by atoms with Crippen molar-refractivity contribution < 1.29 is 9.32 Å². The Bertz CT molecular complexity index is 140. The molecule has 1 saturated heterocycles. The second-order valence-electron chi connectivity index (χ2n) is 2.44. The van der Waals surface area contributed by atoms with Gasteiger partial charge in [-0.05, 0) is 6.42 Å². The van der Waals surface area contributed by atoms with E-state index in [1.807, 2.05) is 11.2 Å². The first-order valence-corrected chi connectivity index (χ1v) is 4.83. The van der Waals surface area contributed by atoms with Gasteiger partial charge < -0.3 is 5.11 Å². The van der Waals surface area contributed by atoms with E-state index in [1.54, 1.807) is 0 Å². The van der Waals surface area contributed by atoms with Crippen LogP contribution in [0.25, 0.3) is 0 Å². The van der Waals surface area contributed by atoms with Crippen molar-refractivity contribution in [2.24, 2.45) is 0 Å². The summed E-state index contributed by atoms with van der Waals surface area (Å²) in [5, 5.41) is 9.07. The van der Waals surface area contributed by atoms with Gasteiger partial charge in [0.15, 0.2) is 0 Å². The number of nitrogens with zero attached hydrogens (tertiary/aromatic N) is 1. The Labute approximate surface area is 63.6 Å². The third-order valence-corrected chi connectivity index (χ3v) is 3.06. The van der Waals surface area contributed by atoms with Gasteiger partial charge in [-0.2, -0.15) is 0 Å². The van der Waals surface area contributed by atoms with Gasteiger partial charge in [0.1, 0.15) is 0 Å². The van der Waals surface area contributed by atoms with Crippen molar-refractivity contribution in [3.63, 3.8) is 0 Å². The third-order valence-electron chi connectivity index (χ3n) is 1.66. The molecule has 1 N–H and O–H groups in total. The number of aliphatic hydroxyl groups excluding tert-OH is 1. The summed E-state index contributed by atoms with van der Waals surface area (Å²) < 4.78 is 12.9. The molecular weight excluding hydrogens is 150 g/mol. The molecule has 1 heterocycles. The van der Waals surface area contributed by atoms with E-state index in [-0.39, 0.29) is 6.10 Å². The van der Waals surface area contributed by atoms with Crippen LogP contribution < -0.4 is 0 Å². The van der Waals surface area contributed by atoms with Crippen LogP contribution in [0.3, 0.4) is 0 Å². The monoisotopic (exact) mass is 163 g/mol. The smallest absolute Gasteiger partial charge is 0.0940 e. The second-order valence-corrected chi connectivity index (χ2v) is 4.18. The summed E-state index contributed by atoms with van der Waals surface area (Å²) in [6.07, 6.45) is 0.515. The van der Waals surface area contributed by atoms with E-state index in [0.717, 1.165) is 13.0 Å². The van der Waals surface area contributed by atoms with E-state index in [9.17, 15) is 4.21 Å². The zero-order chi connectivity index (χ0) is 7.56. The number of hydrogen-bond acceptors (Lipinski definition) is 2. The normalized spacial score (nSPS) is 30.8. The molecule has 1 fully saturated rings. The van der Waals surface area contributed by atoms with Crippen LogP contribution in [0.1, 0.15) is 13.3 Å². The van der Waals surface area contributed by atoms with Gasteiger partial charge in [0.05, 0.1) is 17.1 Å². The minimum atomic E-state index is -0.850. The molecule has 0 saturated carbocycles. The molecule has 10 heavy (non-hydrogen) atoms. The number of β-amino-alcohol motifs (C(OH)–C–C–N with tert-alkyl or cyclic N) is 1. The van der Waals surface area contributed by atoms with Crippen LogP contribution in [-0.4, -0.2) is 38.6 Å². The van der Waals surface area contributed by atoms with Crippen LogP contribution in [0.15, 0.2) is 0 Å². The summed E-state index contributed by atoms with van der Waals surface area (Å²) in [4.78, 5) is 0. The highest BCUT2D eigenvalue weighted by Gasteiger charge is 2.23. The third kappa shape index (κ3) is 1.78. The SMILES string of the molecule is CCS(=O)N1CCC(O)C1. The lowest BCUT2D eigenvalue weighted by Crippen LogP contribution is -2.25. The molecule has 0 radical (unpaired) electrons. The molecule has 0 spiro atoms. The lowest BCUT2D eigenvalue weighted by molar-refractivity contribution is 0.190. The summed E-state index contributed by atoms with van der Waals surface area (Å²) in [5.41, 5.74) is 0. The fraction of sp³-hybridized carbons (Fsp3) is 1.00. The van der Waals surface area contributed by atoms with Gasteiger partial charge in [-0.1, -0.05) is 6.92 Å². The summed E-state index contributed by atoms with van der Waals surface area (Å²) >= 11 is 0. The van der Waals surface area contributed by atoms with E-state index in [2.05, 4.69) is 0 Å². The molecule has 60 valence electrons. The van der Waals surface area contributed by atoms with Crippen LogP contribution in [0.5, 0.6) is 0 Å². The standard InChI is InChI=1S/C6H13NO2S/c1-2-10(9)7-4-3-6(8)5-7/h6,8H,2-5H2,1H3. The van der Waals surface area contributed by atoms with Crippen molar-refractivity contribution in [2.45, 2.75) is 19.4 Å². The highest BCUT2D eigenvalue weighted by Crippen LogP contribution is 2.10. The lowest BCUT2D eigenvalue weighted by Gasteiger charge is -2.11. The molecule has 1 aliphatic heterocycles. The summed E-state index contributed by atoms with van der Waals surface area (Å²) in [6.45, 7) is 3.25. The Kier molecular flexibility index (Phi) is 2.82. The van der Waals surface area contributed by atoms with Crippen LogP contribution in [0.4, 0.5) is 0 Å². The van der Waals surface area contributed by atoms with E-state index in [0.29, 0.717) is 12.3 Å². The Hall–Kier alpha value is 0.0700. The first-order valence-electron chi connectivity index (χ1n) is 3.55. The Morgan fingerprint density at radius 2 is 2.50 bits per heavy atom. The zero-order valence-electron chi connectivity index (χ0n) is 6.12. The van der Waals surface area contributed by atoms with Gasteiger partial charge in [0.25, 0.3) is 0 Å². The average Bonchev–Trinajstić information content (AvgIpc) is 2.34. The quantitative estimate of drug-likeness (QED) is 0.609. The average molecular weight is 163 g/mol. The molecular formula is C6H13NO2S. The van der Waals surface area contributed by atoms with E-state index < -0.39 is 11.0 Å². The topological polar surface area (TPSA) is 40.5 Å². The van der Waals surface area contributed by atoms with Gasteiger partial charge in [-0.25, -0.2) is 8.51 Å². The molecule has 1 rings (SSSR count). The fourth-order valence-corrected chi connectivity index (χ4v) is 2.09. The van der Waals surface area contributed by atoms with Gasteiger partial charge in [-0.3, -0.25) is 0 Å². The highest BCUT2D eigenvalue weighted by atomic mass is 32.2. The van der Waals surface area contributed by atoms with Crippen LogP contribution >= 0.6 is 0 Å². The van der Waals surface area contributed by atoms with Crippen LogP contribution in [0.2, 0.25) is 0 Å². The fourth-order valence-electron chi connectivity index (χ4n) is 1.08. The molecule has 0 aromatic heterocycles. The molecule has 0 aromatic rings. The molecule has 1 aliphatic rings. The molecule has 2 atom stereocenters. The Morgan fingerprint density at radius 1 is 1.80 bits per heavy atom. The van der Waals surface area contributed by atoms with E-state index >= 15 is 0 Å². The molecule has 4 heteroatoms. The minimum Gasteiger partial charge on any atom is -0.392 e. The highest BCUT2D eigenvalue weighted by molar-refractivity contribution is 7.82. The van der Waals surface area contributed by atoms with Crippen molar-refractivity contribution in [1.29, 1.82) is 0 Å². The van der Waals surface area contributed by atoms with Gasteiger partial charge in [-0.15, -0.1) is 0 Å². The zero-order valence-corrected chi connectivity index (χ0v) is 6.93.